The molecule has 0 heterocycles. The van der Waals surface area contributed by atoms with Gasteiger partial charge in [-0.25, -0.2) is 0 Å². The van der Waals surface area contributed by atoms with Gasteiger partial charge in [-0.1, -0.05) is 27.7 Å². The van der Waals surface area contributed by atoms with Crippen molar-refractivity contribution >= 4 is 0 Å². The molecule has 2 heteroatoms. The van der Waals surface area contributed by atoms with Crippen molar-refractivity contribution in [1.82, 2.24) is 5.32 Å². The van der Waals surface area contributed by atoms with E-state index in [9.17, 15) is 5.11 Å². The van der Waals surface area contributed by atoms with Crippen LogP contribution in [0, 0.1) is 11.8 Å². The summed E-state index contributed by atoms with van der Waals surface area (Å²) in [5.74, 6) is 1.59. The highest BCUT2D eigenvalue weighted by molar-refractivity contribution is 4.88. The van der Waals surface area contributed by atoms with Crippen molar-refractivity contribution in [3.8, 4) is 0 Å². The Kier molecular flexibility index (Phi) is 4.60. The number of nitrogens with one attached hydrogen (secondary N) is 1. The predicted octanol–water partition coefficient (Wildman–Crippen LogP) is 2.56. The highest BCUT2D eigenvalue weighted by Crippen LogP contribution is 2.35. The predicted molar refractivity (Wildman–Crippen MR) is 64.9 cm³/mol. The molecule has 2 N–H and O–H groups in total. The molecule has 15 heavy (non-hydrogen) atoms. The van der Waals surface area contributed by atoms with Gasteiger partial charge in [0.25, 0.3) is 0 Å². The molecule has 2 nitrogen and oxygen atoms in total. The molecule has 1 aliphatic rings. The van der Waals surface area contributed by atoms with Crippen LogP contribution in [0.4, 0.5) is 0 Å². The summed E-state index contributed by atoms with van der Waals surface area (Å²) in [5.41, 5.74) is -0.435. The average Bonchev–Trinajstić information content (AvgIpc) is 2.16. The summed E-state index contributed by atoms with van der Waals surface area (Å²) in [6.07, 6.45) is 4.31. The third-order valence-corrected chi connectivity index (χ3v) is 3.74. The van der Waals surface area contributed by atoms with E-state index < -0.39 is 5.60 Å². The minimum atomic E-state index is -0.435. The lowest BCUT2D eigenvalue weighted by Gasteiger charge is -2.38. The van der Waals surface area contributed by atoms with Gasteiger partial charge < -0.3 is 10.4 Å². The molecule has 0 amide bonds. The third-order valence-electron chi connectivity index (χ3n) is 3.74. The first kappa shape index (κ1) is 13.0. The zero-order chi connectivity index (χ0) is 11.5. The van der Waals surface area contributed by atoms with Crippen LogP contribution in [0.2, 0.25) is 0 Å². The Morgan fingerprint density at radius 1 is 1.20 bits per heavy atom. The molecule has 0 radical (unpaired) electrons. The van der Waals surface area contributed by atoms with Crippen molar-refractivity contribution in [2.75, 3.05) is 6.54 Å². The zero-order valence-corrected chi connectivity index (χ0v) is 10.7. The maximum Gasteiger partial charge on any atom is 0.0771 e. The Morgan fingerprint density at radius 3 is 2.13 bits per heavy atom. The van der Waals surface area contributed by atoms with E-state index in [0.29, 0.717) is 6.04 Å². The van der Waals surface area contributed by atoms with E-state index in [2.05, 4.69) is 33.0 Å². The first-order valence-corrected chi connectivity index (χ1v) is 6.39. The standard InChI is InChI=1S/C13H27NO/c1-10(2)12-5-7-13(15,8-6-12)9-14-11(3)4/h10-12,14-15H,5-9H2,1-4H3. The van der Waals surface area contributed by atoms with E-state index in [0.717, 1.165) is 31.2 Å². The molecule has 0 aromatic rings. The summed E-state index contributed by atoms with van der Waals surface area (Å²) in [7, 11) is 0. The van der Waals surface area contributed by atoms with Crippen LogP contribution in [0.25, 0.3) is 0 Å². The SMILES string of the molecule is CC(C)NCC1(O)CCC(C(C)C)CC1. The minimum absolute atomic E-state index is 0.435. The number of hydrogen-bond acceptors (Lipinski definition) is 2. The summed E-state index contributed by atoms with van der Waals surface area (Å²) < 4.78 is 0. The van der Waals surface area contributed by atoms with E-state index in [4.69, 9.17) is 0 Å². The van der Waals surface area contributed by atoms with Crippen LogP contribution < -0.4 is 5.32 Å². The van der Waals surface area contributed by atoms with Crippen molar-refractivity contribution in [1.29, 1.82) is 0 Å². The summed E-state index contributed by atoms with van der Waals surface area (Å²) in [6, 6.07) is 0.469. The number of rotatable bonds is 4. The quantitative estimate of drug-likeness (QED) is 0.752. The molecule has 1 fully saturated rings. The Bertz CT molecular complexity index is 181. The van der Waals surface area contributed by atoms with E-state index in [1.54, 1.807) is 0 Å². The molecule has 1 aliphatic carbocycles. The van der Waals surface area contributed by atoms with Gasteiger partial charge in [-0.3, -0.25) is 0 Å². The second-order valence-electron chi connectivity index (χ2n) is 5.84. The molecule has 0 spiro atoms. The van der Waals surface area contributed by atoms with Gasteiger partial charge in [-0.05, 0) is 37.5 Å². The van der Waals surface area contributed by atoms with Crippen molar-refractivity contribution in [2.45, 2.75) is 65.0 Å². The Balaban J connectivity index is 2.34. The Morgan fingerprint density at radius 2 is 1.73 bits per heavy atom. The molecular formula is C13H27NO. The van der Waals surface area contributed by atoms with Crippen LogP contribution >= 0.6 is 0 Å². The Hall–Kier alpha value is -0.0800. The highest BCUT2D eigenvalue weighted by Gasteiger charge is 2.33. The largest absolute Gasteiger partial charge is 0.389 e. The first-order chi connectivity index (χ1) is 6.93. The molecule has 0 aromatic carbocycles. The van der Waals surface area contributed by atoms with Gasteiger partial charge in [0.2, 0.25) is 0 Å². The lowest BCUT2D eigenvalue weighted by atomic mass is 9.74. The molecule has 0 saturated heterocycles. The maximum absolute atomic E-state index is 10.4. The fraction of sp³-hybridized carbons (Fsp3) is 1.00. The molecule has 0 aliphatic heterocycles. The van der Waals surface area contributed by atoms with Crippen molar-refractivity contribution in [3.63, 3.8) is 0 Å². The summed E-state index contributed by atoms with van der Waals surface area (Å²) in [5, 5.41) is 13.7. The number of hydrogen-bond donors (Lipinski definition) is 2. The van der Waals surface area contributed by atoms with Gasteiger partial charge >= 0.3 is 0 Å². The molecule has 0 aromatic heterocycles. The Labute approximate surface area is 94.5 Å². The molecule has 90 valence electrons. The van der Waals surface area contributed by atoms with E-state index in [1.807, 2.05) is 0 Å². The topological polar surface area (TPSA) is 32.3 Å². The van der Waals surface area contributed by atoms with Crippen LogP contribution in [0.1, 0.15) is 53.4 Å². The van der Waals surface area contributed by atoms with Gasteiger partial charge in [0.15, 0.2) is 0 Å². The zero-order valence-electron chi connectivity index (χ0n) is 10.7. The highest BCUT2D eigenvalue weighted by atomic mass is 16.3. The van der Waals surface area contributed by atoms with Crippen molar-refractivity contribution in [3.05, 3.63) is 0 Å². The fourth-order valence-electron chi connectivity index (χ4n) is 2.42. The van der Waals surface area contributed by atoms with Crippen molar-refractivity contribution in [2.24, 2.45) is 11.8 Å². The van der Waals surface area contributed by atoms with Crippen LogP contribution in [0.15, 0.2) is 0 Å². The first-order valence-electron chi connectivity index (χ1n) is 6.39. The maximum atomic E-state index is 10.4. The van der Waals surface area contributed by atoms with Gasteiger partial charge in [0.1, 0.15) is 0 Å². The van der Waals surface area contributed by atoms with E-state index in [-0.39, 0.29) is 0 Å². The summed E-state index contributed by atoms with van der Waals surface area (Å²) in [4.78, 5) is 0. The van der Waals surface area contributed by atoms with Crippen molar-refractivity contribution < 1.29 is 5.11 Å². The molecule has 0 unspecified atom stereocenters. The lowest BCUT2D eigenvalue weighted by Crippen LogP contribution is -2.45. The fourth-order valence-corrected chi connectivity index (χ4v) is 2.42. The smallest absolute Gasteiger partial charge is 0.0771 e. The van der Waals surface area contributed by atoms with Gasteiger partial charge in [0.05, 0.1) is 5.60 Å². The van der Waals surface area contributed by atoms with Gasteiger partial charge in [-0.2, -0.15) is 0 Å². The van der Waals surface area contributed by atoms with E-state index in [1.165, 1.54) is 12.8 Å². The second kappa shape index (κ2) is 5.31. The molecule has 1 saturated carbocycles. The molecule has 1 rings (SSSR count). The monoisotopic (exact) mass is 213 g/mol. The van der Waals surface area contributed by atoms with E-state index >= 15 is 0 Å². The van der Waals surface area contributed by atoms with Crippen LogP contribution in [0.5, 0.6) is 0 Å². The average molecular weight is 213 g/mol. The second-order valence-corrected chi connectivity index (χ2v) is 5.84. The lowest BCUT2D eigenvalue weighted by molar-refractivity contribution is -0.0152. The van der Waals surface area contributed by atoms with Crippen LogP contribution in [-0.2, 0) is 0 Å². The summed E-state index contributed by atoms with van der Waals surface area (Å²) >= 11 is 0. The number of aliphatic hydroxyl groups is 1. The molecular weight excluding hydrogens is 186 g/mol. The summed E-state index contributed by atoms with van der Waals surface area (Å²) in [6.45, 7) is 9.60. The molecule has 0 bridgehead atoms. The normalized spacial score (nSPS) is 32.6. The van der Waals surface area contributed by atoms with Gasteiger partial charge in [0, 0.05) is 12.6 Å². The minimum Gasteiger partial charge on any atom is -0.389 e. The molecule has 0 atom stereocenters. The van der Waals surface area contributed by atoms with Crippen LogP contribution in [-0.4, -0.2) is 23.3 Å². The van der Waals surface area contributed by atoms with Crippen LogP contribution in [0.3, 0.4) is 0 Å². The third kappa shape index (κ3) is 4.12. The van der Waals surface area contributed by atoms with Gasteiger partial charge in [-0.15, -0.1) is 0 Å².